The molecule has 1 heterocycles. The fourth-order valence-corrected chi connectivity index (χ4v) is 2.18. The van der Waals surface area contributed by atoms with E-state index in [-0.39, 0.29) is 23.6 Å². The van der Waals surface area contributed by atoms with Crippen LogP contribution >= 0.6 is 0 Å². The van der Waals surface area contributed by atoms with Crippen molar-refractivity contribution in [2.75, 3.05) is 0 Å². The van der Waals surface area contributed by atoms with Crippen molar-refractivity contribution in [2.24, 2.45) is 5.73 Å². The van der Waals surface area contributed by atoms with Gasteiger partial charge in [0.15, 0.2) is 0 Å². The third-order valence-corrected chi connectivity index (χ3v) is 3.17. The van der Waals surface area contributed by atoms with Crippen molar-refractivity contribution in [1.82, 2.24) is 10.3 Å². The Morgan fingerprint density at radius 1 is 1.41 bits per heavy atom. The molecule has 4 N–H and O–H groups in total. The summed E-state index contributed by atoms with van der Waals surface area (Å²) in [7, 11) is 0. The number of hydrogen-bond acceptors (Lipinski definition) is 3. The number of nitrogens with one attached hydrogen (secondary N) is 2. The van der Waals surface area contributed by atoms with Crippen LogP contribution in [0.25, 0.3) is 0 Å². The lowest BCUT2D eigenvalue weighted by molar-refractivity contribution is 0.0921. The zero-order chi connectivity index (χ0) is 12.3. The summed E-state index contributed by atoms with van der Waals surface area (Å²) in [5.41, 5.74) is 6.06. The monoisotopic (exact) mass is 235 g/mol. The Morgan fingerprint density at radius 2 is 2.18 bits per heavy atom. The summed E-state index contributed by atoms with van der Waals surface area (Å²) >= 11 is 0. The van der Waals surface area contributed by atoms with Crippen LogP contribution in [0, 0.1) is 0 Å². The highest BCUT2D eigenvalue weighted by atomic mass is 16.2. The number of amides is 1. The maximum Gasteiger partial charge on any atom is 0.251 e. The van der Waals surface area contributed by atoms with Gasteiger partial charge in [0.05, 0.1) is 0 Å². The second-order valence-electron chi connectivity index (χ2n) is 4.47. The van der Waals surface area contributed by atoms with E-state index >= 15 is 0 Å². The highest BCUT2D eigenvalue weighted by Gasteiger charge is 2.23. The number of nitrogens with two attached hydrogens (primary N) is 1. The minimum absolute atomic E-state index is 0.0229. The number of aromatic amines is 1. The summed E-state index contributed by atoms with van der Waals surface area (Å²) < 4.78 is 0. The molecule has 1 aromatic rings. The predicted octanol–water partition coefficient (Wildman–Crippen LogP) is 0.375. The van der Waals surface area contributed by atoms with E-state index in [4.69, 9.17) is 5.73 Å². The smallest absolute Gasteiger partial charge is 0.251 e. The molecule has 5 nitrogen and oxygen atoms in total. The van der Waals surface area contributed by atoms with Crippen molar-refractivity contribution < 1.29 is 4.79 Å². The molecule has 1 aromatic heterocycles. The number of aromatic nitrogens is 1. The fraction of sp³-hybridized carbons (Fsp3) is 0.500. The number of hydrogen-bond donors (Lipinski definition) is 3. The van der Waals surface area contributed by atoms with Crippen LogP contribution < -0.4 is 16.6 Å². The molecule has 92 valence electrons. The van der Waals surface area contributed by atoms with E-state index < -0.39 is 0 Å². The third-order valence-electron chi connectivity index (χ3n) is 3.17. The van der Waals surface area contributed by atoms with Gasteiger partial charge in [-0.3, -0.25) is 9.59 Å². The lowest BCUT2D eigenvalue weighted by Gasteiger charge is -2.29. The first-order chi connectivity index (χ1) is 8.16. The Hall–Kier alpha value is -1.62. The molecule has 0 aromatic carbocycles. The fourth-order valence-electron chi connectivity index (χ4n) is 2.18. The SMILES string of the molecule is NC1CCCCC1NC(=O)c1cc[nH]c(=O)c1. The van der Waals surface area contributed by atoms with E-state index in [1.165, 1.54) is 12.3 Å². The van der Waals surface area contributed by atoms with Crippen LogP contribution in [0.15, 0.2) is 23.1 Å². The van der Waals surface area contributed by atoms with E-state index in [1.807, 2.05) is 0 Å². The second-order valence-corrected chi connectivity index (χ2v) is 4.47. The van der Waals surface area contributed by atoms with Gasteiger partial charge in [-0.05, 0) is 18.9 Å². The van der Waals surface area contributed by atoms with Gasteiger partial charge >= 0.3 is 0 Å². The molecule has 2 rings (SSSR count). The lowest BCUT2D eigenvalue weighted by Crippen LogP contribution is -2.49. The van der Waals surface area contributed by atoms with Crippen LogP contribution in [0.1, 0.15) is 36.0 Å². The van der Waals surface area contributed by atoms with E-state index in [9.17, 15) is 9.59 Å². The summed E-state index contributed by atoms with van der Waals surface area (Å²) in [6.07, 6.45) is 5.54. The van der Waals surface area contributed by atoms with Gasteiger partial charge in [0.1, 0.15) is 0 Å². The van der Waals surface area contributed by atoms with E-state index in [0.717, 1.165) is 25.7 Å². The minimum atomic E-state index is -0.273. The number of rotatable bonds is 2. The molecule has 0 spiro atoms. The molecule has 2 atom stereocenters. The first kappa shape index (κ1) is 11.9. The van der Waals surface area contributed by atoms with E-state index in [0.29, 0.717) is 5.56 Å². The molecule has 1 aliphatic carbocycles. The molecule has 0 bridgehead atoms. The molecule has 1 aliphatic rings. The lowest BCUT2D eigenvalue weighted by atomic mass is 9.91. The number of H-pyrrole nitrogens is 1. The summed E-state index contributed by atoms with van der Waals surface area (Å²) in [5.74, 6) is -0.224. The second kappa shape index (κ2) is 5.14. The number of carbonyl (C=O) groups excluding carboxylic acids is 1. The van der Waals surface area contributed by atoms with Gasteiger partial charge in [0.25, 0.3) is 5.91 Å². The van der Waals surface area contributed by atoms with Gasteiger partial charge in [0, 0.05) is 29.9 Å². The molecule has 1 fully saturated rings. The highest BCUT2D eigenvalue weighted by molar-refractivity contribution is 5.94. The molecular weight excluding hydrogens is 218 g/mol. The van der Waals surface area contributed by atoms with Gasteiger partial charge in [0.2, 0.25) is 5.56 Å². The molecule has 17 heavy (non-hydrogen) atoms. The molecular formula is C12H17N3O2. The van der Waals surface area contributed by atoms with Crippen molar-refractivity contribution in [3.8, 4) is 0 Å². The Balaban J connectivity index is 2.03. The van der Waals surface area contributed by atoms with E-state index in [2.05, 4.69) is 10.3 Å². The Bertz CT molecular complexity index is 455. The first-order valence-electron chi connectivity index (χ1n) is 5.92. The molecule has 1 amide bonds. The maximum absolute atomic E-state index is 11.9. The van der Waals surface area contributed by atoms with Crippen LogP contribution in [0.3, 0.4) is 0 Å². The zero-order valence-electron chi connectivity index (χ0n) is 9.61. The Kier molecular flexibility index (Phi) is 3.58. The Labute approximate surface area is 99.4 Å². The summed E-state index contributed by atoms with van der Waals surface area (Å²) in [6.45, 7) is 0. The van der Waals surface area contributed by atoms with Crippen LogP contribution in [0.2, 0.25) is 0 Å². The van der Waals surface area contributed by atoms with Crippen molar-refractivity contribution >= 4 is 5.91 Å². The average Bonchev–Trinajstić information content (AvgIpc) is 2.32. The normalized spacial score (nSPS) is 24.3. The van der Waals surface area contributed by atoms with Gasteiger partial charge in [-0.25, -0.2) is 0 Å². The van der Waals surface area contributed by atoms with Crippen LogP contribution in [-0.4, -0.2) is 23.0 Å². The number of pyridine rings is 1. The van der Waals surface area contributed by atoms with Crippen molar-refractivity contribution in [3.05, 3.63) is 34.2 Å². The van der Waals surface area contributed by atoms with Crippen LogP contribution in [-0.2, 0) is 0 Å². The first-order valence-corrected chi connectivity index (χ1v) is 5.92. The zero-order valence-corrected chi connectivity index (χ0v) is 9.61. The van der Waals surface area contributed by atoms with Crippen molar-refractivity contribution in [1.29, 1.82) is 0 Å². The number of carbonyl (C=O) groups is 1. The highest BCUT2D eigenvalue weighted by Crippen LogP contribution is 2.17. The van der Waals surface area contributed by atoms with Gasteiger partial charge in [-0.1, -0.05) is 12.8 Å². The molecule has 5 heteroatoms. The molecule has 0 saturated heterocycles. The van der Waals surface area contributed by atoms with E-state index in [1.54, 1.807) is 6.07 Å². The average molecular weight is 235 g/mol. The molecule has 2 unspecified atom stereocenters. The summed E-state index contributed by atoms with van der Waals surface area (Å²) in [6, 6.07) is 2.93. The Morgan fingerprint density at radius 3 is 2.88 bits per heavy atom. The predicted molar refractivity (Wildman–Crippen MR) is 64.8 cm³/mol. The van der Waals surface area contributed by atoms with Crippen LogP contribution in [0.4, 0.5) is 0 Å². The summed E-state index contributed by atoms with van der Waals surface area (Å²) in [5, 5.41) is 2.90. The standard InChI is InChI=1S/C12H17N3O2/c13-9-3-1-2-4-10(9)15-12(17)8-5-6-14-11(16)7-8/h5-7,9-10H,1-4,13H2,(H,14,16)(H,15,17). The van der Waals surface area contributed by atoms with Gasteiger partial charge < -0.3 is 16.0 Å². The van der Waals surface area contributed by atoms with Gasteiger partial charge in [-0.2, -0.15) is 0 Å². The topological polar surface area (TPSA) is 88.0 Å². The minimum Gasteiger partial charge on any atom is -0.348 e. The summed E-state index contributed by atoms with van der Waals surface area (Å²) in [4.78, 5) is 25.5. The molecule has 0 aliphatic heterocycles. The third kappa shape index (κ3) is 2.94. The largest absolute Gasteiger partial charge is 0.348 e. The van der Waals surface area contributed by atoms with Crippen LogP contribution in [0.5, 0.6) is 0 Å². The maximum atomic E-state index is 11.9. The van der Waals surface area contributed by atoms with Crippen molar-refractivity contribution in [3.63, 3.8) is 0 Å². The quantitative estimate of drug-likeness (QED) is 0.692. The van der Waals surface area contributed by atoms with Crippen molar-refractivity contribution in [2.45, 2.75) is 37.8 Å². The molecule has 1 saturated carbocycles. The molecule has 0 radical (unpaired) electrons. The van der Waals surface area contributed by atoms with Gasteiger partial charge in [-0.15, -0.1) is 0 Å².